The van der Waals surface area contributed by atoms with Gasteiger partial charge in [0.1, 0.15) is 10.1 Å². The SMILES string of the molecule is COc1ccc(CC2SC(=S)NC2=O)cc1-c1ccc2c(c1)C(C)(C)CCC2(C)C. The van der Waals surface area contributed by atoms with E-state index in [1.807, 2.05) is 12.1 Å². The molecule has 0 spiro atoms. The summed E-state index contributed by atoms with van der Waals surface area (Å²) in [6.07, 6.45) is 3.03. The zero-order valence-corrected chi connectivity index (χ0v) is 19.9. The van der Waals surface area contributed by atoms with Crippen molar-refractivity contribution in [3.05, 3.63) is 53.1 Å². The molecule has 2 aliphatic rings. The van der Waals surface area contributed by atoms with Crippen LogP contribution in [-0.4, -0.2) is 22.6 Å². The van der Waals surface area contributed by atoms with Crippen LogP contribution in [0.4, 0.5) is 0 Å². The lowest BCUT2D eigenvalue weighted by molar-refractivity contribution is -0.118. The van der Waals surface area contributed by atoms with Gasteiger partial charge >= 0.3 is 0 Å². The Morgan fingerprint density at radius 2 is 1.77 bits per heavy atom. The largest absolute Gasteiger partial charge is 0.496 e. The van der Waals surface area contributed by atoms with Crippen LogP contribution >= 0.6 is 24.0 Å². The molecule has 1 N–H and O–H groups in total. The lowest BCUT2D eigenvalue weighted by Gasteiger charge is -2.42. The molecule has 1 fully saturated rings. The van der Waals surface area contributed by atoms with Crippen LogP contribution in [0, 0.1) is 0 Å². The molecule has 1 atom stereocenters. The molecule has 158 valence electrons. The first kappa shape index (κ1) is 21.4. The van der Waals surface area contributed by atoms with Gasteiger partial charge in [-0.2, -0.15) is 0 Å². The Hall–Kier alpha value is -1.85. The highest BCUT2D eigenvalue weighted by molar-refractivity contribution is 8.24. The fraction of sp³-hybridized carbons (Fsp3) is 0.440. The van der Waals surface area contributed by atoms with Crippen molar-refractivity contribution in [3.8, 4) is 16.9 Å². The van der Waals surface area contributed by atoms with Gasteiger partial charge in [0, 0.05) is 5.56 Å². The quantitative estimate of drug-likeness (QED) is 0.614. The number of fused-ring (bicyclic) bond motifs is 1. The maximum absolute atomic E-state index is 12.1. The molecule has 1 amide bonds. The summed E-state index contributed by atoms with van der Waals surface area (Å²) in [4.78, 5) is 12.1. The van der Waals surface area contributed by atoms with Crippen LogP contribution in [0.15, 0.2) is 36.4 Å². The molecule has 1 heterocycles. The number of thioether (sulfide) groups is 1. The number of benzene rings is 2. The van der Waals surface area contributed by atoms with Gasteiger partial charge < -0.3 is 10.1 Å². The first-order chi connectivity index (χ1) is 14.1. The van der Waals surface area contributed by atoms with Gasteiger partial charge in [0.25, 0.3) is 0 Å². The zero-order chi connectivity index (χ0) is 21.7. The summed E-state index contributed by atoms with van der Waals surface area (Å²) < 4.78 is 6.26. The second-order valence-corrected chi connectivity index (χ2v) is 11.5. The van der Waals surface area contributed by atoms with Crippen LogP contribution < -0.4 is 10.1 Å². The number of hydrogen-bond donors (Lipinski definition) is 1. The Morgan fingerprint density at radius 1 is 1.07 bits per heavy atom. The van der Waals surface area contributed by atoms with E-state index in [1.54, 1.807) is 7.11 Å². The minimum atomic E-state index is -0.165. The molecule has 0 saturated carbocycles. The van der Waals surface area contributed by atoms with E-state index in [0.717, 1.165) is 22.4 Å². The van der Waals surface area contributed by atoms with Crippen molar-refractivity contribution >= 4 is 34.2 Å². The first-order valence-electron chi connectivity index (χ1n) is 10.4. The van der Waals surface area contributed by atoms with Gasteiger partial charge in [-0.3, -0.25) is 4.79 Å². The standard InChI is InChI=1S/C25H29NO2S2/c1-24(2)10-11-25(3,4)19-14-16(7-8-18(19)24)17-12-15(6-9-20(17)28-5)13-21-22(27)26-23(29)30-21/h6-9,12,14,21H,10-11,13H2,1-5H3,(H,26,27,29). The molecular weight excluding hydrogens is 410 g/mol. The molecule has 1 aliphatic carbocycles. The van der Waals surface area contributed by atoms with E-state index in [9.17, 15) is 4.79 Å². The molecule has 0 bridgehead atoms. The summed E-state index contributed by atoms with van der Waals surface area (Å²) in [5.41, 5.74) is 6.58. The maximum atomic E-state index is 12.1. The van der Waals surface area contributed by atoms with Gasteiger partial charge in [-0.1, -0.05) is 75.9 Å². The summed E-state index contributed by atoms with van der Waals surface area (Å²) in [5.74, 6) is 0.853. The topological polar surface area (TPSA) is 38.3 Å². The number of thiocarbonyl (C=S) groups is 1. The number of amides is 1. The molecular formula is C25H29NO2S2. The summed E-state index contributed by atoms with van der Waals surface area (Å²) in [5, 5.41) is 2.57. The second-order valence-electron chi connectivity index (χ2n) is 9.65. The highest BCUT2D eigenvalue weighted by Crippen LogP contribution is 2.47. The normalized spacial score (nSPS) is 21.8. The highest BCUT2D eigenvalue weighted by atomic mass is 32.2. The molecule has 30 heavy (non-hydrogen) atoms. The van der Waals surface area contributed by atoms with Crippen LogP contribution in [0.2, 0.25) is 0 Å². The minimum absolute atomic E-state index is 0.000120. The smallest absolute Gasteiger partial charge is 0.239 e. The van der Waals surface area contributed by atoms with E-state index in [-0.39, 0.29) is 22.0 Å². The van der Waals surface area contributed by atoms with Crippen LogP contribution in [0.3, 0.4) is 0 Å². The average molecular weight is 440 g/mol. The maximum Gasteiger partial charge on any atom is 0.239 e. The molecule has 1 unspecified atom stereocenters. The van der Waals surface area contributed by atoms with Crippen molar-refractivity contribution in [2.24, 2.45) is 0 Å². The van der Waals surface area contributed by atoms with E-state index in [2.05, 4.69) is 57.3 Å². The third-order valence-corrected chi connectivity index (χ3v) is 7.99. The Balaban J connectivity index is 1.75. The van der Waals surface area contributed by atoms with Gasteiger partial charge in [0.05, 0.1) is 12.4 Å². The Morgan fingerprint density at radius 3 is 2.40 bits per heavy atom. The molecule has 1 saturated heterocycles. The Kier molecular flexibility index (Phi) is 5.48. The number of methoxy groups -OCH3 is 1. The number of hydrogen-bond acceptors (Lipinski definition) is 4. The lowest BCUT2D eigenvalue weighted by atomic mass is 9.63. The molecule has 0 aromatic heterocycles. The van der Waals surface area contributed by atoms with Crippen molar-refractivity contribution in [2.75, 3.05) is 7.11 Å². The van der Waals surface area contributed by atoms with Crippen molar-refractivity contribution in [1.29, 1.82) is 0 Å². The molecule has 3 nitrogen and oxygen atoms in total. The van der Waals surface area contributed by atoms with Crippen LogP contribution in [0.25, 0.3) is 11.1 Å². The first-order valence-corrected chi connectivity index (χ1v) is 11.7. The molecule has 0 radical (unpaired) electrons. The van der Waals surface area contributed by atoms with Crippen molar-refractivity contribution < 1.29 is 9.53 Å². The van der Waals surface area contributed by atoms with Crippen LogP contribution in [0.5, 0.6) is 5.75 Å². The molecule has 2 aromatic carbocycles. The number of ether oxygens (including phenoxy) is 1. The minimum Gasteiger partial charge on any atom is -0.496 e. The number of carbonyl (C=O) groups excluding carboxylic acids is 1. The summed E-state index contributed by atoms with van der Waals surface area (Å²) in [6.45, 7) is 9.38. The summed E-state index contributed by atoms with van der Waals surface area (Å²) in [6, 6.07) is 13.1. The predicted molar refractivity (Wildman–Crippen MR) is 130 cm³/mol. The third kappa shape index (κ3) is 3.90. The number of nitrogens with one attached hydrogen (secondary N) is 1. The molecule has 2 aromatic rings. The summed E-state index contributed by atoms with van der Waals surface area (Å²) >= 11 is 6.58. The zero-order valence-electron chi connectivity index (χ0n) is 18.3. The predicted octanol–water partition coefficient (Wildman–Crippen LogP) is 5.77. The molecule has 5 heteroatoms. The van der Waals surface area contributed by atoms with Gasteiger partial charge in [-0.05, 0) is 64.5 Å². The monoisotopic (exact) mass is 439 g/mol. The fourth-order valence-electron chi connectivity index (χ4n) is 4.61. The summed E-state index contributed by atoms with van der Waals surface area (Å²) in [7, 11) is 1.71. The van der Waals surface area contributed by atoms with Crippen molar-refractivity contribution in [2.45, 2.75) is 63.0 Å². The van der Waals surface area contributed by atoms with Crippen LogP contribution in [-0.2, 0) is 22.0 Å². The van der Waals surface area contributed by atoms with Gasteiger partial charge in [-0.15, -0.1) is 0 Å². The Bertz CT molecular complexity index is 1030. The highest BCUT2D eigenvalue weighted by Gasteiger charge is 2.37. The van der Waals surface area contributed by atoms with E-state index in [0.29, 0.717) is 10.7 Å². The number of carbonyl (C=O) groups is 1. The van der Waals surface area contributed by atoms with Gasteiger partial charge in [0.2, 0.25) is 5.91 Å². The Labute approximate surface area is 189 Å². The van der Waals surface area contributed by atoms with Gasteiger partial charge in [0.15, 0.2) is 0 Å². The van der Waals surface area contributed by atoms with E-state index >= 15 is 0 Å². The fourth-order valence-corrected chi connectivity index (χ4v) is 5.91. The van der Waals surface area contributed by atoms with Crippen molar-refractivity contribution in [1.82, 2.24) is 5.32 Å². The number of rotatable bonds is 4. The average Bonchev–Trinajstić information content (AvgIpc) is 3.02. The van der Waals surface area contributed by atoms with E-state index in [1.165, 1.54) is 35.7 Å². The van der Waals surface area contributed by atoms with Crippen molar-refractivity contribution in [3.63, 3.8) is 0 Å². The van der Waals surface area contributed by atoms with E-state index in [4.69, 9.17) is 17.0 Å². The molecule has 1 aliphatic heterocycles. The van der Waals surface area contributed by atoms with Gasteiger partial charge in [-0.25, -0.2) is 0 Å². The molecule has 4 rings (SSSR count). The van der Waals surface area contributed by atoms with Crippen LogP contribution in [0.1, 0.15) is 57.2 Å². The lowest BCUT2D eigenvalue weighted by Crippen LogP contribution is -2.33. The third-order valence-electron chi connectivity index (χ3n) is 6.62. The van der Waals surface area contributed by atoms with E-state index < -0.39 is 0 Å². The second kappa shape index (κ2) is 7.69.